The monoisotopic (exact) mass is 528 g/mol. The van der Waals surface area contributed by atoms with Crippen LogP contribution < -0.4 is 14.8 Å². The van der Waals surface area contributed by atoms with Crippen LogP contribution in [0.15, 0.2) is 53.7 Å². The summed E-state index contributed by atoms with van der Waals surface area (Å²) in [6.45, 7) is 5.66. The summed E-state index contributed by atoms with van der Waals surface area (Å²) in [4.78, 5) is 26.9. The number of para-hydroxylation sites is 1. The number of nitrogens with one attached hydrogen (secondary N) is 1. The van der Waals surface area contributed by atoms with E-state index in [1.807, 2.05) is 63.2 Å². The number of aromatic nitrogens is 3. The number of amides is 1. The van der Waals surface area contributed by atoms with Crippen molar-refractivity contribution in [3.05, 3.63) is 82.2 Å². The molecule has 1 aliphatic heterocycles. The SMILES string of the molecule is COc1cccc(-c2nc3c(c(SCC(=O)Nc4c(C)cccc4C)n2)Cc2c(CO)cnc(C)c2O3)c1. The van der Waals surface area contributed by atoms with Gasteiger partial charge in [-0.1, -0.05) is 42.1 Å². The first-order valence-corrected chi connectivity index (χ1v) is 13.2. The Kier molecular flexibility index (Phi) is 7.31. The summed E-state index contributed by atoms with van der Waals surface area (Å²) in [6.07, 6.45) is 2.13. The van der Waals surface area contributed by atoms with Crippen LogP contribution in [0.4, 0.5) is 5.69 Å². The Hall–Kier alpha value is -3.95. The van der Waals surface area contributed by atoms with Crippen molar-refractivity contribution in [3.63, 3.8) is 0 Å². The van der Waals surface area contributed by atoms with Gasteiger partial charge < -0.3 is 19.9 Å². The molecule has 0 fully saturated rings. The van der Waals surface area contributed by atoms with Gasteiger partial charge in [-0.2, -0.15) is 4.98 Å². The average molecular weight is 529 g/mol. The molecule has 2 N–H and O–H groups in total. The van der Waals surface area contributed by atoms with E-state index in [1.165, 1.54) is 11.8 Å². The molecule has 0 unspecified atom stereocenters. The van der Waals surface area contributed by atoms with Crippen molar-refractivity contribution in [3.8, 4) is 28.8 Å². The lowest BCUT2D eigenvalue weighted by atomic mass is 9.99. The van der Waals surface area contributed by atoms with E-state index < -0.39 is 0 Å². The van der Waals surface area contributed by atoms with E-state index in [-0.39, 0.29) is 18.3 Å². The maximum absolute atomic E-state index is 13.0. The minimum absolute atomic E-state index is 0.129. The van der Waals surface area contributed by atoms with E-state index in [2.05, 4.69) is 10.3 Å². The highest BCUT2D eigenvalue weighted by molar-refractivity contribution is 8.00. The Morgan fingerprint density at radius 1 is 1.11 bits per heavy atom. The minimum atomic E-state index is -0.155. The van der Waals surface area contributed by atoms with Crippen LogP contribution in [0.25, 0.3) is 11.4 Å². The maximum atomic E-state index is 13.0. The third kappa shape index (κ3) is 5.07. The first-order valence-electron chi connectivity index (χ1n) is 12.2. The highest BCUT2D eigenvalue weighted by Crippen LogP contribution is 2.42. The number of hydrogen-bond donors (Lipinski definition) is 2. The summed E-state index contributed by atoms with van der Waals surface area (Å²) in [5, 5.41) is 13.6. The van der Waals surface area contributed by atoms with Crippen LogP contribution in [-0.2, 0) is 17.8 Å². The minimum Gasteiger partial charge on any atom is -0.497 e. The smallest absolute Gasteiger partial charge is 0.234 e. The lowest BCUT2D eigenvalue weighted by Gasteiger charge is -2.24. The molecule has 0 atom stereocenters. The molecule has 9 heteroatoms. The van der Waals surface area contributed by atoms with Crippen molar-refractivity contribution in [1.29, 1.82) is 0 Å². The number of hydrogen-bond acceptors (Lipinski definition) is 8. The standard InChI is InChI=1S/C29H28N4O4S/c1-16-7-5-8-17(2)25(16)31-24(35)15-38-29-23-12-22-20(14-34)13-30-18(3)26(22)37-28(23)32-27(33-29)19-9-6-10-21(11-19)36-4/h5-11,13,34H,12,14-15H2,1-4H3,(H,31,35). The summed E-state index contributed by atoms with van der Waals surface area (Å²) in [6, 6.07) is 13.4. The number of thioether (sulfide) groups is 1. The van der Waals surface area contributed by atoms with Gasteiger partial charge in [0.15, 0.2) is 11.6 Å². The highest BCUT2D eigenvalue weighted by atomic mass is 32.2. The average Bonchev–Trinajstić information content (AvgIpc) is 2.93. The number of methoxy groups -OCH3 is 1. The second kappa shape index (κ2) is 10.8. The Morgan fingerprint density at radius 3 is 2.61 bits per heavy atom. The van der Waals surface area contributed by atoms with Gasteiger partial charge in [0.05, 0.1) is 30.7 Å². The van der Waals surface area contributed by atoms with Crippen LogP contribution in [0.3, 0.4) is 0 Å². The third-order valence-electron chi connectivity index (χ3n) is 6.47. The Morgan fingerprint density at radius 2 is 1.87 bits per heavy atom. The lowest BCUT2D eigenvalue weighted by molar-refractivity contribution is -0.113. The first-order chi connectivity index (χ1) is 18.4. The van der Waals surface area contributed by atoms with Crippen LogP contribution in [0.2, 0.25) is 0 Å². The van der Waals surface area contributed by atoms with Crippen molar-refractivity contribution < 1.29 is 19.4 Å². The number of ether oxygens (including phenoxy) is 2. The van der Waals surface area contributed by atoms with Gasteiger partial charge >= 0.3 is 0 Å². The predicted molar refractivity (Wildman–Crippen MR) is 147 cm³/mol. The summed E-state index contributed by atoms with van der Waals surface area (Å²) >= 11 is 1.33. The number of pyridine rings is 1. The molecule has 1 aliphatic rings. The molecule has 8 nitrogen and oxygen atoms in total. The van der Waals surface area contributed by atoms with Crippen LogP contribution in [0.1, 0.15) is 33.5 Å². The summed E-state index contributed by atoms with van der Waals surface area (Å²) in [5.41, 5.74) is 6.64. The number of fused-ring (bicyclic) bond motifs is 2. The maximum Gasteiger partial charge on any atom is 0.234 e. The molecule has 1 amide bonds. The van der Waals surface area contributed by atoms with Crippen LogP contribution in [-0.4, -0.2) is 38.8 Å². The normalized spacial score (nSPS) is 11.8. The number of benzene rings is 2. The first kappa shape index (κ1) is 25.7. The number of aryl methyl sites for hydroxylation is 3. The fourth-order valence-electron chi connectivity index (χ4n) is 4.43. The van der Waals surface area contributed by atoms with Crippen molar-refractivity contribution in [2.24, 2.45) is 0 Å². The van der Waals surface area contributed by atoms with Crippen molar-refractivity contribution >= 4 is 23.4 Å². The van der Waals surface area contributed by atoms with Crippen molar-refractivity contribution in [2.45, 2.75) is 38.8 Å². The van der Waals surface area contributed by atoms with E-state index in [4.69, 9.17) is 19.4 Å². The quantitative estimate of drug-likeness (QED) is 0.214. The summed E-state index contributed by atoms with van der Waals surface area (Å²) < 4.78 is 11.7. The number of aliphatic hydroxyl groups is 1. The van der Waals surface area contributed by atoms with Gasteiger partial charge in [0.2, 0.25) is 11.8 Å². The third-order valence-corrected chi connectivity index (χ3v) is 7.49. The number of nitrogens with zero attached hydrogens (tertiary/aromatic N) is 3. The van der Waals surface area contributed by atoms with Crippen LogP contribution in [0.5, 0.6) is 17.4 Å². The van der Waals surface area contributed by atoms with Gasteiger partial charge in [-0.25, -0.2) is 4.98 Å². The van der Waals surface area contributed by atoms with Gasteiger partial charge in [0.25, 0.3) is 0 Å². The van der Waals surface area contributed by atoms with Crippen LogP contribution >= 0.6 is 11.8 Å². The van der Waals surface area contributed by atoms with E-state index in [1.54, 1.807) is 13.3 Å². The largest absolute Gasteiger partial charge is 0.497 e. The molecule has 0 saturated carbocycles. The zero-order valence-corrected chi connectivity index (χ0v) is 22.5. The molecule has 0 saturated heterocycles. The Bertz CT molecular complexity index is 1520. The molecule has 0 aliphatic carbocycles. The number of carbonyl (C=O) groups excluding carboxylic acids is 1. The number of carbonyl (C=O) groups is 1. The number of anilines is 1. The van der Waals surface area contributed by atoms with Gasteiger partial charge in [0, 0.05) is 35.0 Å². The van der Waals surface area contributed by atoms with E-state index in [9.17, 15) is 9.90 Å². The molecule has 4 aromatic rings. The molecule has 38 heavy (non-hydrogen) atoms. The number of aliphatic hydroxyl groups excluding tert-OH is 1. The fraction of sp³-hybridized carbons (Fsp3) is 0.241. The van der Waals surface area contributed by atoms with E-state index in [0.29, 0.717) is 45.9 Å². The summed E-state index contributed by atoms with van der Waals surface area (Å²) in [7, 11) is 1.61. The second-order valence-electron chi connectivity index (χ2n) is 9.09. The zero-order valence-electron chi connectivity index (χ0n) is 21.7. The summed E-state index contributed by atoms with van der Waals surface area (Å²) in [5.74, 6) is 2.20. The Labute approximate surface area is 225 Å². The Balaban J connectivity index is 1.51. The van der Waals surface area contributed by atoms with E-state index >= 15 is 0 Å². The second-order valence-corrected chi connectivity index (χ2v) is 10.0. The molecular formula is C29H28N4O4S. The fourth-order valence-corrected chi connectivity index (χ4v) is 5.25. The van der Waals surface area contributed by atoms with Gasteiger partial charge in [-0.3, -0.25) is 9.78 Å². The van der Waals surface area contributed by atoms with Gasteiger partial charge in [-0.15, -0.1) is 0 Å². The molecule has 2 aromatic carbocycles. The molecule has 0 radical (unpaired) electrons. The van der Waals surface area contributed by atoms with E-state index in [0.717, 1.165) is 33.5 Å². The molecular weight excluding hydrogens is 500 g/mol. The molecule has 0 bridgehead atoms. The number of rotatable bonds is 7. The van der Waals surface area contributed by atoms with Gasteiger partial charge in [0.1, 0.15) is 10.8 Å². The molecule has 2 aromatic heterocycles. The van der Waals surface area contributed by atoms with Crippen LogP contribution in [0, 0.1) is 20.8 Å². The van der Waals surface area contributed by atoms with Gasteiger partial charge in [-0.05, 0) is 44.0 Å². The highest BCUT2D eigenvalue weighted by Gasteiger charge is 2.28. The lowest BCUT2D eigenvalue weighted by Crippen LogP contribution is -2.17. The van der Waals surface area contributed by atoms with Crippen molar-refractivity contribution in [2.75, 3.05) is 18.2 Å². The van der Waals surface area contributed by atoms with Crippen molar-refractivity contribution in [1.82, 2.24) is 15.0 Å². The zero-order chi connectivity index (χ0) is 26.8. The molecule has 194 valence electrons. The predicted octanol–water partition coefficient (Wildman–Crippen LogP) is 5.39. The molecule has 3 heterocycles. The molecule has 0 spiro atoms. The molecule has 5 rings (SSSR count). The topological polar surface area (TPSA) is 106 Å².